The van der Waals surface area contributed by atoms with Gasteiger partial charge in [-0.25, -0.2) is 4.98 Å². The summed E-state index contributed by atoms with van der Waals surface area (Å²) >= 11 is 0. The molecule has 1 N–H and O–H groups in total. The minimum Gasteiger partial charge on any atom is -0.436 e. The van der Waals surface area contributed by atoms with Crippen molar-refractivity contribution in [3.8, 4) is 11.5 Å². The van der Waals surface area contributed by atoms with Crippen molar-refractivity contribution in [3.63, 3.8) is 0 Å². The van der Waals surface area contributed by atoms with Crippen molar-refractivity contribution in [1.82, 2.24) is 4.98 Å². The fourth-order valence-corrected chi connectivity index (χ4v) is 2.06. The Bertz CT molecular complexity index is 688. The lowest BCUT2D eigenvalue weighted by Crippen LogP contribution is -1.98. The average molecular weight is 253 g/mol. The number of aromatic nitrogens is 1. The molecule has 0 radical (unpaired) electrons. The lowest BCUT2D eigenvalue weighted by atomic mass is 10.0. The molecule has 19 heavy (non-hydrogen) atoms. The van der Waals surface area contributed by atoms with Crippen molar-refractivity contribution in [2.24, 2.45) is 0 Å². The number of aliphatic hydroxyl groups excluding tert-OH is 1. The predicted octanol–water partition coefficient (Wildman–Crippen LogP) is 3.59. The molecule has 0 amide bonds. The quantitative estimate of drug-likeness (QED) is 0.775. The van der Waals surface area contributed by atoms with Crippen molar-refractivity contribution in [1.29, 1.82) is 0 Å². The normalized spacial score (nSPS) is 12.7. The van der Waals surface area contributed by atoms with Crippen LogP contribution in [0.25, 0.3) is 22.6 Å². The molecule has 0 fully saturated rings. The Kier molecular flexibility index (Phi) is 3.05. The van der Waals surface area contributed by atoms with Crippen LogP contribution in [-0.2, 0) is 0 Å². The maximum Gasteiger partial charge on any atom is 0.227 e. The van der Waals surface area contributed by atoms with Crippen LogP contribution in [0.5, 0.6) is 0 Å². The molecule has 0 saturated heterocycles. The molecule has 0 aliphatic heterocycles. The number of benzene rings is 2. The van der Waals surface area contributed by atoms with Crippen LogP contribution in [0.3, 0.4) is 0 Å². The average Bonchev–Trinajstić information content (AvgIpc) is 2.90. The number of nitrogens with zero attached hydrogens (tertiary/aromatic N) is 1. The molecule has 3 aromatic rings. The van der Waals surface area contributed by atoms with Gasteiger partial charge in [0.1, 0.15) is 5.52 Å². The van der Waals surface area contributed by atoms with Gasteiger partial charge in [-0.15, -0.1) is 0 Å². The molecule has 3 rings (SSSR count). The summed E-state index contributed by atoms with van der Waals surface area (Å²) in [5.74, 6) is 0.741. The SMILES string of the molecule is C[C@H](CO)c1ccc2oc(-c3ccccc3)nc2c1. The smallest absolute Gasteiger partial charge is 0.227 e. The van der Waals surface area contributed by atoms with E-state index < -0.39 is 0 Å². The highest BCUT2D eigenvalue weighted by atomic mass is 16.3. The zero-order chi connectivity index (χ0) is 13.2. The van der Waals surface area contributed by atoms with Gasteiger partial charge in [0.2, 0.25) is 5.89 Å². The van der Waals surface area contributed by atoms with E-state index in [4.69, 9.17) is 4.42 Å². The molecule has 96 valence electrons. The number of oxazole rings is 1. The van der Waals surface area contributed by atoms with Crippen LogP contribution < -0.4 is 0 Å². The van der Waals surface area contributed by atoms with E-state index in [0.717, 1.165) is 22.2 Å². The fourth-order valence-electron chi connectivity index (χ4n) is 2.06. The van der Waals surface area contributed by atoms with Crippen LogP contribution in [0.15, 0.2) is 52.9 Å². The molecule has 1 atom stereocenters. The minimum atomic E-state index is 0.112. The van der Waals surface area contributed by atoms with E-state index in [9.17, 15) is 5.11 Å². The van der Waals surface area contributed by atoms with Gasteiger partial charge in [-0.2, -0.15) is 0 Å². The number of aliphatic hydroxyl groups is 1. The van der Waals surface area contributed by atoms with Crippen molar-refractivity contribution in [3.05, 3.63) is 54.1 Å². The van der Waals surface area contributed by atoms with E-state index in [2.05, 4.69) is 4.98 Å². The Hall–Kier alpha value is -2.13. The van der Waals surface area contributed by atoms with E-state index >= 15 is 0 Å². The van der Waals surface area contributed by atoms with Gasteiger partial charge >= 0.3 is 0 Å². The Morgan fingerprint density at radius 3 is 2.68 bits per heavy atom. The summed E-state index contributed by atoms with van der Waals surface area (Å²) in [5.41, 5.74) is 3.64. The fraction of sp³-hybridized carbons (Fsp3) is 0.188. The Labute approximate surface area is 111 Å². The number of hydrogen-bond acceptors (Lipinski definition) is 3. The van der Waals surface area contributed by atoms with Gasteiger partial charge in [-0.3, -0.25) is 0 Å². The first-order valence-electron chi connectivity index (χ1n) is 6.34. The largest absolute Gasteiger partial charge is 0.436 e. The van der Waals surface area contributed by atoms with Crippen molar-refractivity contribution >= 4 is 11.1 Å². The van der Waals surface area contributed by atoms with Crippen molar-refractivity contribution < 1.29 is 9.52 Å². The maximum absolute atomic E-state index is 9.20. The monoisotopic (exact) mass is 253 g/mol. The van der Waals surface area contributed by atoms with E-state index in [-0.39, 0.29) is 12.5 Å². The molecule has 1 heterocycles. The molecule has 0 unspecified atom stereocenters. The molecular weight excluding hydrogens is 238 g/mol. The molecular formula is C16H15NO2. The number of fused-ring (bicyclic) bond motifs is 1. The third-order valence-electron chi connectivity index (χ3n) is 3.28. The first kappa shape index (κ1) is 11.9. The molecule has 3 nitrogen and oxygen atoms in total. The van der Waals surface area contributed by atoms with Gasteiger partial charge in [-0.1, -0.05) is 31.2 Å². The van der Waals surface area contributed by atoms with E-state index in [1.165, 1.54) is 0 Å². The summed E-state index contributed by atoms with van der Waals surface area (Å²) in [6, 6.07) is 15.7. The highest BCUT2D eigenvalue weighted by Gasteiger charge is 2.10. The lowest BCUT2D eigenvalue weighted by molar-refractivity contribution is 0.273. The maximum atomic E-state index is 9.20. The van der Waals surface area contributed by atoms with Crippen LogP contribution in [0.4, 0.5) is 0 Å². The molecule has 3 heteroatoms. The van der Waals surface area contributed by atoms with Gasteiger partial charge < -0.3 is 9.52 Å². The Morgan fingerprint density at radius 2 is 1.95 bits per heavy atom. The molecule has 2 aromatic carbocycles. The zero-order valence-electron chi connectivity index (χ0n) is 10.7. The van der Waals surface area contributed by atoms with E-state index in [1.54, 1.807) is 0 Å². The molecule has 0 aliphatic rings. The van der Waals surface area contributed by atoms with Gasteiger partial charge in [-0.05, 0) is 29.8 Å². The lowest BCUT2D eigenvalue weighted by Gasteiger charge is -2.06. The topological polar surface area (TPSA) is 46.3 Å². The minimum absolute atomic E-state index is 0.112. The van der Waals surface area contributed by atoms with Gasteiger partial charge in [0, 0.05) is 18.1 Å². The number of rotatable bonds is 3. The van der Waals surface area contributed by atoms with E-state index in [1.807, 2.05) is 55.5 Å². The standard InChI is InChI=1S/C16H15NO2/c1-11(10-18)13-7-8-15-14(9-13)17-16(19-15)12-5-3-2-4-6-12/h2-9,11,18H,10H2,1H3/t11-/m1/s1. The molecule has 0 bridgehead atoms. The summed E-state index contributed by atoms with van der Waals surface area (Å²) < 4.78 is 5.75. The summed E-state index contributed by atoms with van der Waals surface area (Å²) in [5, 5.41) is 9.20. The first-order valence-corrected chi connectivity index (χ1v) is 6.34. The number of hydrogen-bond donors (Lipinski definition) is 1. The molecule has 0 aliphatic carbocycles. The molecule has 0 saturated carbocycles. The molecule has 1 aromatic heterocycles. The third-order valence-corrected chi connectivity index (χ3v) is 3.28. The Balaban J connectivity index is 2.06. The summed E-state index contributed by atoms with van der Waals surface area (Å²) in [7, 11) is 0. The first-order chi connectivity index (χ1) is 9.28. The van der Waals surface area contributed by atoms with Crippen molar-refractivity contribution in [2.45, 2.75) is 12.8 Å². The van der Waals surface area contributed by atoms with Crippen LogP contribution in [0.1, 0.15) is 18.4 Å². The van der Waals surface area contributed by atoms with Crippen molar-refractivity contribution in [2.75, 3.05) is 6.61 Å². The summed E-state index contributed by atoms with van der Waals surface area (Å²) in [6.45, 7) is 2.12. The van der Waals surface area contributed by atoms with Gasteiger partial charge in [0.15, 0.2) is 5.58 Å². The van der Waals surface area contributed by atoms with E-state index in [0.29, 0.717) is 5.89 Å². The highest BCUT2D eigenvalue weighted by molar-refractivity contribution is 5.77. The van der Waals surface area contributed by atoms with Crippen LogP contribution in [0.2, 0.25) is 0 Å². The highest BCUT2D eigenvalue weighted by Crippen LogP contribution is 2.26. The second kappa shape index (κ2) is 4.86. The summed E-state index contributed by atoms with van der Waals surface area (Å²) in [6.07, 6.45) is 0. The Morgan fingerprint density at radius 1 is 1.16 bits per heavy atom. The third kappa shape index (κ3) is 2.25. The molecule has 0 spiro atoms. The summed E-state index contributed by atoms with van der Waals surface area (Å²) in [4.78, 5) is 4.51. The van der Waals surface area contributed by atoms with Crippen LogP contribution in [-0.4, -0.2) is 16.7 Å². The second-order valence-corrected chi connectivity index (χ2v) is 4.70. The second-order valence-electron chi connectivity index (χ2n) is 4.70. The predicted molar refractivity (Wildman–Crippen MR) is 74.9 cm³/mol. The van der Waals surface area contributed by atoms with Crippen LogP contribution >= 0.6 is 0 Å². The van der Waals surface area contributed by atoms with Gasteiger partial charge in [0.05, 0.1) is 0 Å². The zero-order valence-corrected chi connectivity index (χ0v) is 10.7. The van der Waals surface area contributed by atoms with Gasteiger partial charge in [0.25, 0.3) is 0 Å². The van der Waals surface area contributed by atoms with Crippen LogP contribution in [0, 0.1) is 0 Å².